The lowest BCUT2D eigenvalue weighted by Crippen LogP contribution is -1.88. The Bertz CT molecular complexity index is 1530. The molecule has 150 valence electrons. The Balaban J connectivity index is 1.69. The van der Waals surface area contributed by atoms with Crippen LogP contribution < -0.4 is 0 Å². The molecule has 0 heterocycles. The Morgan fingerprint density at radius 3 is 1.47 bits per heavy atom. The van der Waals surface area contributed by atoms with Crippen molar-refractivity contribution in [3.8, 4) is 33.4 Å². The number of benzene rings is 6. The van der Waals surface area contributed by atoms with E-state index in [0.717, 1.165) is 0 Å². The first-order chi connectivity index (χ1) is 15.9. The first-order valence-corrected chi connectivity index (χ1v) is 11.0. The van der Waals surface area contributed by atoms with Crippen molar-refractivity contribution in [2.45, 2.75) is 0 Å². The van der Waals surface area contributed by atoms with E-state index >= 15 is 0 Å². The van der Waals surface area contributed by atoms with Gasteiger partial charge in [-0.3, -0.25) is 0 Å². The molecule has 0 aliphatic heterocycles. The lowest BCUT2D eigenvalue weighted by molar-refractivity contribution is 1.62. The highest BCUT2D eigenvalue weighted by Crippen LogP contribution is 2.38. The first-order valence-electron chi connectivity index (χ1n) is 11.0. The van der Waals surface area contributed by atoms with Crippen molar-refractivity contribution in [2.75, 3.05) is 0 Å². The molecule has 0 aliphatic rings. The third-order valence-electron chi connectivity index (χ3n) is 6.23. The van der Waals surface area contributed by atoms with Gasteiger partial charge in [0.05, 0.1) is 0 Å². The van der Waals surface area contributed by atoms with Crippen LogP contribution in [0.2, 0.25) is 0 Å². The van der Waals surface area contributed by atoms with Crippen molar-refractivity contribution >= 4 is 21.5 Å². The molecule has 0 spiro atoms. The highest BCUT2D eigenvalue weighted by Gasteiger charge is 2.11. The summed E-state index contributed by atoms with van der Waals surface area (Å²) in [6.45, 7) is 0. The van der Waals surface area contributed by atoms with Crippen LogP contribution in [0, 0.1) is 0 Å². The van der Waals surface area contributed by atoms with Gasteiger partial charge in [-0.2, -0.15) is 0 Å². The van der Waals surface area contributed by atoms with Crippen molar-refractivity contribution in [3.63, 3.8) is 0 Å². The summed E-state index contributed by atoms with van der Waals surface area (Å²) < 4.78 is 0. The lowest BCUT2D eigenvalue weighted by atomic mass is 9.89. The summed E-state index contributed by atoms with van der Waals surface area (Å²) >= 11 is 0. The van der Waals surface area contributed by atoms with Crippen LogP contribution in [0.4, 0.5) is 0 Å². The molecular formula is C32H22. The van der Waals surface area contributed by atoms with E-state index in [4.69, 9.17) is 0 Å². The van der Waals surface area contributed by atoms with Gasteiger partial charge in [0.2, 0.25) is 0 Å². The smallest absolute Gasteiger partial charge is 0.00986 e. The van der Waals surface area contributed by atoms with Crippen molar-refractivity contribution in [2.24, 2.45) is 0 Å². The van der Waals surface area contributed by atoms with Gasteiger partial charge < -0.3 is 0 Å². The van der Waals surface area contributed by atoms with Crippen molar-refractivity contribution in [3.05, 3.63) is 133 Å². The number of hydrogen-bond acceptors (Lipinski definition) is 0. The minimum Gasteiger partial charge on any atom is -0.0622 e. The Hall–Kier alpha value is -4.16. The largest absolute Gasteiger partial charge is 0.0622 e. The molecule has 6 aromatic rings. The van der Waals surface area contributed by atoms with Gasteiger partial charge in [-0.1, -0.05) is 109 Å². The molecule has 0 aliphatic carbocycles. The summed E-state index contributed by atoms with van der Waals surface area (Å²) in [6.07, 6.45) is 0. The number of rotatable bonds is 3. The van der Waals surface area contributed by atoms with Crippen LogP contribution in [-0.4, -0.2) is 0 Å². The average Bonchev–Trinajstić information content (AvgIpc) is 2.88. The molecule has 0 N–H and O–H groups in total. The Morgan fingerprint density at radius 2 is 0.812 bits per heavy atom. The highest BCUT2D eigenvalue weighted by atomic mass is 14.1. The Kier molecular flexibility index (Phi) is 4.55. The van der Waals surface area contributed by atoms with E-state index in [1.807, 2.05) is 0 Å². The minimum atomic E-state index is 1.24. The summed E-state index contributed by atoms with van der Waals surface area (Å²) in [5, 5.41) is 5.11. The lowest BCUT2D eigenvalue weighted by Gasteiger charge is -2.14. The summed E-state index contributed by atoms with van der Waals surface area (Å²) in [4.78, 5) is 0. The maximum absolute atomic E-state index is 2.37. The van der Waals surface area contributed by atoms with Crippen LogP contribution in [0.1, 0.15) is 0 Å². The molecule has 0 bridgehead atoms. The molecular weight excluding hydrogens is 384 g/mol. The zero-order valence-corrected chi connectivity index (χ0v) is 17.7. The molecule has 0 saturated carbocycles. The van der Waals surface area contributed by atoms with E-state index < -0.39 is 0 Å². The zero-order valence-electron chi connectivity index (χ0n) is 17.7. The molecule has 0 amide bonds. The topological polar surface area (TPSA) is 0 Å². The van der Waals surface area contributed by atoms with Gasteiger partial charge in [-0.05, 0) is 79.2 Å². The molecule has 0 unspecified atom stereocenters. The fourth-order valence-electron chi connectivity index (χ4n) is 4.66. The van der Waals surface area contributed by atoms with E-state index in [-0.39, 0.29) is 0 Å². The van der Waals surface area contributed by atoms with Crippen LogP contribution in [0.5, 0.6) is 0 Å². The van der Waals surface area contributed by atoms with Crippen LogP contribution in [0.3, 0.4) is 0 Å². The zero-order chi connectivity index (χ0) is 21.3. The molecule has 0 nitrogen and oxygen atoms in total. The summed E-state index contributed by atoms with van der Waals surface area (Å²) in [7, 11) is 0. The molecule has 6 aromatic carbocycles. The predicted molar refractivity (Wildman–Crippen MR) is 138 cm³/mol. The summed E-state index contributed by atoms with van der Waals surface area (Å²) in [5.74, 6) is 0. The van der Waals surface area contributed by atoms with E-state index in [2.05, 4.69) is 133 Å². The Labute approximate surface area is 188 Å². The monoisotopic (exact) mass is 406 g/mol. The van der Waals surface area contributed by atoms with Crippen molar-refractivity contribution < 1.29 is 0 Å². The molecule has 0 atom stereocenters. The molecule has 0 heteroatoms. The number of hydrogen-bond donors (Lipinski definition) is 0. The molecule has 0 radical (unpaired) electrons. The minimum absolute atomic E-state index is 1.24. The van der Waals surface area contributed by atoms with Gasteiger partial charge in [0.25, 0.3) is 0 Å². The van der Waals surface area contributed by atoms with Crippen LogP contribution in [0.15, 0.2) is 133 Å². The van der Waals surface area contributed by atoms with Gasteiger partial charge in [0.15, 0.2) is 0 Å². The third kappa shape index (κ3) is 3.27. The molecule has 32 heavy (non-hydrogen) atoms. The second kappa shape index (κ2) is 7.83. The van der Waals surface area contributed by atoms with Crippen molar-refractivity contribution in [1.82, 2.24) is 0 Å². The summed E-state index contributed by atoms with van der Waals surface area (Å²) in [6, 6.07) is 48.0. The second-order valence-corrected chi connectivity index (χ2v) is 8.22. The highest BCUT2D eigenvalue weighted by molar-refractivity contribution is 6.10. The second-order valence-electron chi connectivity index (χ2n) is 8.22. The predicted octanol–water partition coefficient (Wildman–Crippen LogP) is 8.99. The van der Waals surface area contributed by atoms with E-state index in [1.165, 1.54) is 54.9 Å². The van der Waals surface area contributed by atoms with Crippen molar-refractivity contribution in [1.29, 1.82) is 0 Å². The van der Waals surface area contributed by atoms with Crippen LogP contribution >= 0.6 is 0 Å². The Morgan fingerprint density at radius 1 is 0.281 bits per heavy atom. The van der Waals surface area contributed by atoms with Gasteiger partial charge in [-0.15, -0.1) is 0 Å². The van der Waals surface area contributed by atoms with Gasteiger partial charge in [0.1, 0.15) is 0 Å². The molecule has 0 aromatic heterocycles. The number of fused-ring (bicyclic) bond motifs is 2. The quantitative estimate of drug-likeness (QED) is 0.257. The van der Waals surface area contributed by atoms with E-state index in [1.54, 1.807) is 0 Å². The third-order valence-corrected chi connectivity index (χ3v) is 6.23. The molecule has 0 fully saturated rings. The van der Waals surface area contributed by atoms with Gasteiger partial charge >= 0.3 is 0 Å². The fraction of sp³-hybridized carbons (Fsp3) is 0. The van der Waals surface area contributed by atoms with Crippen LogP contribution in [-0.2, 0) is 0 Å². The van der Waals surface area contributed by atoms with Gasteiger partial charge in [0, 0.05) is 0 Å². The molecule has 0 saturated heterocycles. The van der Waals surface area contributed by atoms with Crippen LogP contribution in [0.25, 0.3) is 54.9 Å². The summed E-state index contributed by atoms with van der Waals surface area (Å²) in [5.41, 5.74) is 7.52. The normalized spacial score (nSPS) is 11.1. The maximum Gasteiger partial charge on any atom is -0.00986 e. The van der Waals surface area contributed by atoms with E-state index in [9.17, 15) is 0 Å². The SMILES string of the molecule is c1ccc(-c2cc(-c3ccccc3)c3cc4cccc(-c5ccccc5)c4cc3c2)cc1. The first kappa shape index (κ1) is 18.6. The van der Waals surface area contributed by atoms with Gasteiger partial charge in [-0.25, -0.2) is 0 Å². The molecule has 6 rings (SSSR count). The average molecular weight is 407 g/mol. The standard InChI is InChI=1S/C32H22/c1-4-11-23(12-5-1)27-19-28-22-31-26(17-10-18-29(31)24-13-6-2-7-14-24)20-32(28)30(21-27)25-15-8-3-9-16-25/h1-22H. The maximum atomic E-state index is 2.37. The fourth-order valence-corrected chi connectivity index (χ4v) is 4.66. The van der Waals surface area contributed by atoms with E-state index in [0.29, 0.717) is 0 Å².